The second-order valence-electron chi connectivity index (χ2n) is 10.8. The van der Waals surface area contributed by atoms with Crippen molar-refractivity contribution in [3.63, 3.8) is 0 Å². The summed E-state index contributed by atoms with van der Waals surface area (Å²) in [4.78, 5) is 67.5. The fourth-order valence-electron chi connectivity index (χ4n) is 5.41. The van der Waals surface area contributed by atoms with Crippen molar-refractivity contribution in [2.24, 2.45) is 0 Å². The fourth-order valence-corrected chi connectivity index (χ4v) is 5.41. The van der Waals surface area contributed by atoms with Crippen LogP contribution < -0.4 is 20.4 Å². The van der Waals surface area contributed by atoms with Crippen LogP contribution in [0.5, 0.6) is 0 Å². The van der Waals surface area contributed by atoms with Crippen molar-refractivity contribution in [3.05, 3.63) is 107 Å². The van der Waals surface area contributed by atoms with Crippen molar-refractivity contribution in [1.29, 1.82) is 0 Å². The molecule has 4 amide bonds. The average Bonchev–Trinajstić information content (AvgIpc) is 3.12. The van der Waals surface area contributed by atoms with E-state index in [1.54, 1.807) is 53.4 Å². The number of carbonyl (C=O) groups is 5. The molecule has 1 aliphatic rings. The molecular formula is C34H32N4O6. The normalized spacial score (nSPS) is 15.2. The zero-order valence-electron chi connectivity index (χ0n) is 24.5. The second-order valence-corrected chi connectivity index (χ2v) is 10.8. The summed E-state index contributed by atoms with van der Waals surface area (Å²) in [5.41, 5.74) is 3.57. The number of amides is 4. The Hall–Kier alpha value is -5.51. The Morgan fingerprint density at radius 2 is 1.52 bits per heavy atom. The highest BCUT2D eigenvalue weighted by molar-refractivity contribution is 6.13. The van der Waals surface area contributed by atoms with Crippen LogP contribution in [0.25, 0.3) is 10.8 Å². The standard InChI is InChI=1S/C34H32N4O6/c1-20-12-13-24-8-4-5-9-26(24)27(20)18-37-29-10-6-7-11-30(29)38(32(41)25-16-14-23(15-17-25)22(3)39)19-28(33(37)42)36-31(40)21(2)35-34(43)44/h4-17,21,28,35H,18-19H2,1-3H3,(H,36,40)(H,43,44)/t21-,28-/m0/s1. The summed E-state index contributed by atoms with van der Waals surface area (Å²) < 4.78 is 0. The molecule has 4 aromatic rings. The summed E-state index contributed by atoms with van der Waals surface area (Å²) in [6, 6.07) is 22.8. The molecule has 3 N–H and O–H groups in total. The molecule has 0 bridgehead atoms. The number of hydrogen-bond acceptors (Lipinski definition) is 5. The first-order valence-corrected chi connectivity index (χ1v) is 14.2. The Bertz CT molecular complexity index is 1780. The molecule has 0 radical (unpaired) electrons. The lowest BCUT2D eigenvalue weighted by molar-refractivity contribution is -0.128. The van der Waals surface area contributed by atoms with Crippen LogP contribution in [0, 0.1) is 6.92 Å². The summed E-state index contributed by atoms with van der Waals surface area (Å²) in [7, 11) is 0. The number of nitrogens with zero attached hydrogens (tertiary/aromatic N) is 2. The maximum absolute atomic E-state index is 14.4. The zero-order chi connectivity index (χ0) is 31.5. The Morgan fingerprint density at radius 1 is 0.886 bits per heavy atom. The highest BCUT2D eigenvalue weighted by atomic mass is 16.4. The molecule has 0 fully saturated rings. The number of hydrogen-bond donors (Lipinski definition) is 3. The first-order chi connectivity index (χ1) is 21.0. The van der Waals surface area contributed by atoms with E-state index < -0.39 is 35.9 Å². The van der Waals surface area contributed by atoms with Crippen LogP contribution >= 0.6 is 0 Å². The van der Waals surface area contributed by atoms with Gasteiger partial charge in [-0.3, -0.25) is 19.2 Å². The number of anilines is 2. The van der Waals surface area contributed by atoms with E-state index in [0.29, 0.717) is 22.5 Å². The number of Topliss-reactive ketones (excluding diaryl/α,β-unsaturated/α-hetero) is 1. The van der Waals surface area contributed by atoms with Gasteiger partial charge in [0.2, 0.25) is 5.91 Å². The summed E-state index contributed by atoms with van der Waals surface area (Å²) >= 11 is 0. The third kappa shape index (κ3) is 6.00. The topological polar surface area (TPSA) is 136 Å². The highest BCUT2D eigenvalue weighted by Gasteiger charge is 2.38. The van der Waals surface area contributed by atoms with Crippen molar-refractivity contribution < 1.29 is 29.1 Å². The Labute approximate surface area is 254 Å². The molecule has 44 heavy (non-hydrogen) atoms. The van der Waals surface area contributed by atoms with E-state index in [4.69, 9.17) is 5.11 Å². The van der Waals surface area contributed by atoms with Crippen LogP contribution in [-0.4, -0.2) is 53.3 Å². The minimum absolute atomic E-state index is 0.138. The lowest BCUT2D eigenvalue weighted by atomic mass is 9.99. The van der Waals surface area contributed by atoms with Gasteiger partial charge in [0.1, 0.15) is 12.1 Å². The Kier molecular flexibility index (Phi) is 8.43. The molecule has 4 aromatic carbocycles. The van der Waals surface area contributed by atoms with E-state index in [2.05, 4.69) is 10.6 Å². The molecule has 0 saturated carbocycles. The van der Waals surface area contributed by atoms with Gasteiger partial charge in [-0.15, -0.1) is 0 Å². The largest absolute Gasteiger partial charge is 0.465 e. The third-order valence-electron chi connectivity index (χ3n) is 7.82. The molecule has 0 spiro atoms. The van der Waals surface area contributed by atoms with E-state index in [1.165, 1.54) is 18.7 Å². The number of carbonyl (C=O) groups excluding carboxylic acids is 4. The minimum atomic E-state index is -1.38. The summed E-state index contributed by atoms with van der Waals surface area (Å²) in [5.74, 6) is -1.74. The van der Waals surface area contributed by atoms with Crippen LogP contribution in [0.4, 0.5) is 16.2 Å². The molecule has 0 aromatic heterocycles. The number of ketones is 1. The Balaban J connectivity index is 1.61. The smallest absolute Gasteiger partial charge is 0.405 e. The number of nitrogens with one attached hydrogen (secondary N) is 2. The van der Waals surface area contributed by atoms with Gasteiger partial charge in [-0.1, -0.05) is 60.7 Å². The van der Waals surface area contributed by atoms with Crippen LogP contribution in [0.3, 0.4) is 0 Å². The van der Waals surface area contributed by atoms with Crippen LogP contribution in [-0.2, 0) is 16.1 Å². The second kappa shape index (κ2) is 12.4. The number of para-hydroxylation sites is 2. The summed E-state index contributed by atoms with van der Waals surface area (Å²) in [6.07, 6.45) is -1.38. The molecule has 0 unspecified atom stereocenters. The predicted molar refractivity (Wildman–Crippen MR) is 167 cm³/mol. The van der Waals surface area contributed by atoms with Gasteiger partial charge in [-0.05, 0) is 66.9 Å². The fraction of sp³-hybridized carbons (Fsp3) is 0.206. The van der Waals surface area contributed by atoms with Crippen molar-refractivity contribution in [3.8, 4) is 0 Å². The first-order valence-electron chi connectivity index (χ1n) is 14.2. The van der Waals surface area contributed by atoms with Gasteiger partial charge in [0, 0.05) is 11.1 Å². The lowest BCUT2D eigenvalue weighted by Crippen LogP contribution is -2.56. The van der Waals surface area contributed by atoms with Gasteiger partial charge >= 0.3 is 6.09 Å². The van der Waals surface area contributed by atoms with Crippen molar-refractivity contribution >= 4 is 51.7 Å². The quantitative estimate of drug-likeness (QED) is 0.267. The molecule has 0 saturated heterocycles. The van der Waals surface area contributed by atoms with Gasteiger partial charge < -0.3 is 25.5 Å². The van der Waals surface area contributed by atoms with Gasteiger partial charge in [0.05, 0.1) is 24.5 Å². The molecule has 224 valence electrons. The number of fused-ring (bicyclic) bond motifs is 2. The number of carboxylic acid groups (broad SMARTS) is 1. The van der Waals surface area contributed by atoms with E-state index in [9.17, 15) is 24.0 Å². The molecule has 10 heteroatoms. The lowest BCUT2D eigenvalue weighted by Gasteiger charge is -2.27. The van der Waals surface area contributed by atoms with Crippen molar-refractivity contribution in [2.45, 2.75) is 39.4 Å². The number of rotatable bonds is 7. The average molecular weight is 593 g/mol. The maximum atomic E-state index is 14.4. The van der Waals surface area contributed by atoms with E-state index >= 15 is 0 Å². The molecule has 0 aliphatic carbocycles. The molecule has 2 atom stereocenters. The van der Waals surface area contributed by atoms with Crippen LogP contribution in [0.1, 0.15) is 45.7 Å². The zero-order valence-corrected chi connectivity index (χ0v) is 24.5. The molecule has 10 nitrogen and oxygen atoms in total. The molecule has 5 rings (SSSR count). The van der Waals surface area contributed by atoms with Gasteiger partial charge in [-0.25, -0.2) is 4.79 Å². The summed E-state index contributed by atoms with van der Waals surface area (Å²) in [5, 5.41) is 15.9. The first kappa shape index (κ1) is 30.0. The monoisotopic (exact) mass is 592 g/mol. The van der Waals surface area contributed by atoms with Gasteiger partial charge in [0.25, 0.3) is 11.8 Å². The highest BCUT2D eigenvalue weighted by Crippen LogP contribution is 2.36. The maximum Gasteiger partial charge on any atom is 0.405 e. The van der Waals surface area contributed by atoms with Crippen molar-refractivity contribution in [2.75, 3.05) is 16.3 Å². The molecule has 1 heterocycles. The van der Waals surface area contributed by atoms with Crippen molar-refractivity contribution in [1.82, 2.24) is 10.6 Å². The van der Waals surface area contributed by atoms with E-state index in [1.807, 2.05) is 43.3 Å². The molecule has 1 aliphatic heterocycles. The van der Waals surface area contributed by atoms with Crippen LogP contribution in [0.15, 0.2) is 84.9 Å². The minimum Gasteiger partial charge on any atom is -0.465 e. The van der Waals surface area contributed by atoms with Crippen LogP contribution in [0.2, 0.25) is 0 Å². The third-order valence-corrected chi connectivity index (χ3v) is 7.82. The van der Waals surface area contributed by atoms with Gasteiger partial charge in [0.15, 0.2) is 5.78 Å². The summed E-state index contributed by atoms with van der Waals surface area (Å²) in [6.45, 7) is 4.73. The number of benzene rings is 4. The van der Waals surface area contributed by atoms with Gasteiger partial charge in [-0.2, -0.15) is 0 Å². The Morgan fingerprint density at radius 3 is 2.20 bits per heavy atom. The van der Waals surface area contributed by atoms with E-state index in [-0.39, 0.29) is 18.9 Å². The van der Waals surface area contributed by atoms with E-state index in [0.717, 1.165) is 21.9 Å². The SMILES string of the molecule is CC(=O)c1ccc(C(=O)N2C[C@H](NC(=O)[C@H](C)NC(=O)O)C(=O)N(Cc3c(C)ccc4ccccc34)c3ccccc32)cc1. The predicted octanol–water partition coefficient (Wildman–Crippen LogP) is 4.69. The molecular weight excluding hydrogens is 560 g/mol. The number of aryl methyl sites for hydroxylation is 1.